The minimum atomic E-state index is 0.688. The number of nitrogens with one attached hydrogen (secondary N) is 1. The van der Waals surface area contributed by atoms with Gasteiger partial charge in [0.25, 0.3) is 0 Å². The second kappa shape index (κ2) is 5.30. The highest BCUT2D eigenvalue weighted by molar-refractivity contribution is 9.10. The monoisotopic (exact) mass is 229 g/mol. The van der Waals surface area contributed by atoms with Crippen LogP contribution in [0.3, 0.4) is 0 Å². The molecule has 0 amide bonds. The largest absolute Gasteiger partial charge is 0.302 e. The minimum Gasteiger partial charge on any atom is -0.302 e. The fourth-order valence-corrected chi connectivity index (χ4v) is 1.33. The van der Waals surface area contributed by atoms with Crippen molar-refractivity contribution < 1.29 is 4.84 Å². The summed E-state index contributed by atoms with van der Waals surface area (Å²) >= 11 is 3.40. The van der Waals surface area contributed by atoms with E-state index in [1.54, 1.807) is 0 Å². The number of hydrogen-bond acceptors (Lipinski definition) is 2. The summed E-state index contributed by atoms with van der Waals surface area (Å²) in [6, 6.07) is 8.13. The molecule has 0 unspecified atom stereocenters. The predicted molar refractivity (Wildman–Crippen MR) is 52.6 cm³/mol. The first kappa shape index (κ1) is 9.71. The lowest BCUT2D eigenvalue weighted by Crippen LogP contribution is -2.13. The third-order valence-electron chi connectivity index (χ3n) is 1.41. The van der Waals surface area contributed by atoms with Gasteiger partial charge in [-0.2, -0.15) is 5.48 Å². The molecule has 1 rings (SSSR count). The van der Waals surface area contributed by atoms with Crippen molar-refractivity contribution in [2.24, 2.45) is 0 Å². The smallest absolute Gasteiger partial charge is 0.0654 e. The van der Waals surface area contributed by atoms with Crippen LogP contribution >= 0.6 is 15.9 Å². The van der Waals surface area contributed by atoms with E-state index in [-0.39, 0.29) is 0 Å². The van der Waals surface area contributed by atoms with Gasteiger partial charge in [0.2, 0.25) is 0 Å². The molecule has 0 aliphatic heterocycles. The fraction of sp³-hybridized carbons (Fsp3) is 0.333. The molecule has 1 aromatic carbocycles. The van der Waals surface area contributed by atoms with Crippen molar-refractivity contribution in [1.82, 2.24) is 5.48 Å². The van der Waals surface area contributed by atoms with Crippen molar-refractivity contribution in [2.75, 3.05) is 6.61 Å². The Labute approximate surface area is 81.0 Å². The van der Waals surface area contributed by atoms with Gasteiger partial charge in [-0.05, 0) is 24.6 Å². The molecule has 0 saturated heterocycles. The van der Waals surface area contributed by atoms with Crippen LogP contribution in [0.25, 0.3) is 0 Å². The van der Waals surface area contributed by atoms with E-state index in [1.165, 1.54) is 5.56 Å². The highest BCUT2D eigenvalue weighted by atomic mass is 79.9. The summed E-state index contributed by atoms with van der Waals surface area (Å²) in [5.41, 5.74) is 4.06. The Kier molecular flexibility index (Phi) is 4.29. The van der Waals surface area contributed by atoms with Crippen LogP contribution in [-0.2, 0) is 11.4 Å². The molecule has 1 aromatic rings. The number of hydrogen-bond donors (Lipinski definition) is 1. The average Bonchev–Trinajstić information content (AvgIpc) is 2.05. The molecule has 0 aliphatic carbocycles. The van der Waals surface area contributed by atoms with Crippen molar-refractivity contribution in [1.29, 1.82) is 0 Å². The van der Waals surface area contributed by atoms with Gasteiger partial charge in [-0.15, -0.1) is 0 Å². The highest BCUT2D eigenvalue weighted by Crippen LogP contribution is 2.10. The molecule has 0 bridgehead atoms. The van der Waals surface area contributed by atoms with E-state index in [1.807, 2.05) is 19.1 Å². The molecule has 2 nitrogen and oxygen atoms in total. The fourth-order valence-electron chi connectivity index (χ4n) is 0.883. The van der Waals surface area contributed by atoms with Crippen LogP contribution in [0.1, 0.15) is 12.5 Å². The second-order valence-electron chi connectivity index (χ2n) is 2.38. The molecule has 0 spiro atoms. The van der Waals surface area contributed by atoms with Crippen LogP contribution in [0, 0.1) is 0 Å². The molecular formula is C9H12BrNO. The van der Waals surface area contributed by atoms with Gasteiger partial charge in [0.15, 0.2) is 0 Å². The molecule has 1 N–H and O–H groups in total. The van der Waals surface area contributed by atoms with E-state index in [2.05, 4.69) is 33.5 Å². The first-order valence-corrected chi connectivity index (χ1v) is 4.71. The minimum absolute atomic E-state index is 0.688. The first-order valence-electron chi connectivity index (χ1n) is 3.92. The summed E-state index contributed by atoms with van der Waals surface area (Å²) < 4.78 is 1.10. The van der Waals surface area contributed by atoms with Gasteiger partial charge in [-0.1, -0.05) is 28.1 Å². The Bertz CT molecular complexity index is 240. The Hall–Kier alpha value is -0.380. The maximum absolute atomic E-state index is 5.01. The Morgan fingerprint density at radius 2 is 2.33 bits per heavy atom. The summed E-state index contributed by atoms with van der Waals surface area (Å²) in [4.78, 5) is 5.01. The highest BCUT2D eigenvalue weighted by Gasteiger charge is 1.92. The number of halogens is 1. The molecule has 0 atom stereocenters. The zero-order valence-corrected chi connectivity index (χ0v) is 8.60. The standard InChI is InChI=1S/C9H12BrNO/c1-2-12-11-7-8-4-3-5-9(10)6-8/h3-6,11H,2,7H2,1H3. The van der Waals surface area contributed by atoms with E-state index in [0.29, 0.717) is 6.61 Å². The van der Waals surface area contributed by atoms with Crippen molar-refractivity contribution in [3.8, 4) is 0 Å². The zero-order chi connectivity index (χ0) is 8.81. The maximum Gasteiger partial charge on any atom is 0.0654 e. The number of benzene rings is 1. The van der Waals surface area contributed by atoms with Crippen molar-refractivity contribution >= 4 is 15.9 Å². The quantitative estimate of drug-likeness (QED) is 0.633. The van der Waals surface area contributed by atoms with E-state index >= 15 is 0 Å². The van der Waals surface area contributed by atoms with Crippen LogP contribution in [-0.4, -0.2) is 6.61 Å². The molecule has 0 aliphatic rings. The first-order chi connectivity index (χ1) is 5.83. The van der Waals surface area contributed by atoms with Crippen molar-refractivity contribution in [3.63, 3.8) is 0 Å². The molecule has 0 saturated carbocycles. The van der Waals surface area contributed by atoms with Gasteiger partial charge in [0.1, 0.15) is 0 Å². The summed E-state index contributed by atoms with van der Waals surface area (Å²) in [6.45, 7) is 3.38. The van der Waals surface area contributed by atoms with Crippen molar-refractivity contribution in [3.05, 3.63) is 34.3 Å². The van der Waals surface area contributed by atoms with E-state index in [9.17, 15) is 0 Å². The van der Waals surface area contributed by atoms with Crippen LogP contribution in [0.15, 0.2) is 28.7 Å². The van der Waals surface area contributed by atoms with Crippen molar-refractivity contribution in [2.45, 2.75) is 13.5 Å². The Balaban J connectivity index is 2.41. The lowest BCUT2D eigenvalue weighted by Gasteiger charge is -2.03. The molecule has 3 heteroatoms. The van der Waals surface area contributed by atoms with Gasteiger partial charge >= 0.3 is 0 Å². The molecule has 0 heterocycles. The molecule has 0 radical (unpaired) electrons. The maximum atomic E-state index is 5.01. The lowest BCUT2D eigenvalue weighted by atomic mass is 10.2. The number of rotatable bonds is 4. The third kappa shape index (κ3) is 3.34. The van der Waals surface area contributed by atoms with Gasteiger partial charge in [0.05, 0.1) is 6.61 Å². The summed E-state index contributed by atoms with van der Waals surface area (Å²) in [5.74, 6) is 0. The van der Waals surface area contributed by atoms with Gasteiger partial charge in [0, 0.05) is 11.0 Å². The Morgan fingerprint density at radius 3 is 3.00 bits per heavy atom. The predicted octanol–water partition coefficient (Wildman–Crippen LogP) is 2.49. The molecule has 0 aromatic heterocycles. The van der Waals surface area contributed by atoms with Gasteiger partial charge in [-0.3, -0.25) is 0 Å². The van der Waals surface area contributed by atoms with E-state index in [0.717, 1.165) is 11.0 Å². The van der Waals surface area contributed by atoms with Gasteiger partial charge in [-0.25, -0.2) is 0 Å². The molecular weight excluding hydrogens is 218 g/mol. The normalized spacial score (nSPS) is 10.2. The average molecular weight is 230 g/mol. The van der Waals surface area contributed by atoms with Crippen LogP contribution in [0.4, 0.5) is 0 Å². The SMILES string of the molecule is CCONCc1cccc(Br)c1. The second-order valence-corrected chi connectivity index (χ2v) is 3.30. The topological polar surface area (TPSA) is 21.3 Å². The molecule has 12 heavy (non-hydrogen) atoms. The van der Waals surface area contributed by atoms with Crippen LogP contribution in [0.2, 0.25) is 0 Å². The summed E-state index contributed by atoms with van der Waals surface area (Å²) in [6.07, 6.45) is 0. The van der Waals surface area contributed by atoms with E-state index < -0.39 is 0 Å². The van der Waals surface area contributed by atoms with Crippen LogP contribution < -0.4 is 5.48 Å². The Morgan fingerprint density at radius 1 is 1.50 bits per heavy atom. The number of hydroxylamine groups is 1. The van der Waals surface area contributed by atoms with E-state index in [4.69, 9.17) is 4.84 Å². The lowest BCUT2D eigenvalue weighted by molar-refractivity contribution is 0.0463. The van der Waals surface area contributed by atoms with Crippen LogP contribution in [0.5, 0.6) is 0 Å². The molecule has 66 valence electrons. The van der Waals surface area contributed by atoms with Gasteiger partial charge < -0.3 is 4.84 Å². The summed E-state index contributed by atoms with van der Waals surface area (Å²) in [5, 5.41) is 0. The third-order valence-corrected chi connectivity index (χ3v) is 1.90. The zero-order valence-electron chi connectivity index (χ0n) is 7.01. The summed E-state index contributed by atoms with van der Waals surface area (Å²) in [7, 11) is 0. The molecule has 0 fully saturated rings.